The fourth-order valence-electron chi connectivity index (χ4n) is 1.84. The van der Waals surface area contributed by atoms with Crippen LogP contribution in [0.25, 0.3) is 0 Å². The third-order valence-electron chi connectivity index (χ3n) is 2.73. The summed E-state index contributed by atoms with van der Waals surface area (Å²) in [5, 5.41) is 19.2. The Kier molecular flexibility index (Phi) is 3.65. The highest BCUT2D eigenvalue weighted by Gasteiger charge is 2.19. The molecule has 0 saturated heterocycles. The van der Waals surface area contributed by atoms with Crippen LogP contribution in [0.2, 0.25) is 0 Å². The number of carbonyl (C=O) groups is 1. The molecule has 0 aliphatic rings. The second-order valence-electron chi connectivity index (χ2n) is 4.05. The van der Waals surface area contributed by atoms with Gasteiger partial charge >= 0.3 is 6.03 Å². The van der Waals surface area contributed by atoms with E-state index in [2.05, 4.69) is 0 Å². The number of amides is 2. The van der Waals surface area contributed by atoms with Crippen LogP contribution in [0, 0.1) is 0 Å². The van der Waals surface area contributed by atoms with Gasteiger partial charge in [-0.15, -0.1) is 0 Å². The average Bonchev–Trinajstić information content (AvgIpc) is 2.41. The van der Waals surface area contributed by atoms with E-state index in [0.29, 0.717) is 11.4 Å². The van der Waals surface area contributed by atoms with Gasteiger partial charge in [0.05, 0.1) is 18.5 Å². The van der Waals surface area contributed by atoms with Gasteiger partial charge in [-0.2, -0.15) is 0 Å². The van der Waals surface area contributed by atoms with Crippen LogP contribution in [0.4, 0.5) is 16.2 Å². The Morgan fingerprint density at radius 1 is 1.20 bits per heavy atom. The number of carbonyl (C=O) groups excluding carboxylic acids is 1. The molecule has 0 aliphatic heterocycles. The van der Waals surface area contributed by atoms with Crippen LogP contribution in [0.1, 0.15) is 0 Å². The highest BCUT2D eigenvalue weighted by molar-refractivity contribution is 6.00. The molecule has 0 unspecified atom stereocenters. The molecule has 6 heteroatoms. The summed E-state index contributed by atoms with van der Waals surface area (Å²) >= 11 is 0. The molecule has 2 aromatic carbocycles. The summed E-state index contributed by atoms with van der Waals surface area (Å²) in [6, 6.07) is 9.79. The number of rotatable bonds is 3. The van der Waals surface area contributed by atoms with E-state index >= 15 is 0 Å². The summed E-state index contributed by atoms with van der Waals surface area (Å²) in [7, 11) is 1.51. The highest BCUT2D eigenvalue weighted by atomic mass is 16.5. The van der Waals surface area contributed by atoms with Crippen molar-refractivity contribution in [1.82, 2.24) is 0 Å². The van der Waals surface area contributed by atoms with Crippen LogP contribution in [-0.4, -0.2) is 23.4 Å². The molecule has 0 saturated carbocycles. The molecule has 2 amide bonds. The molecule has 104 valence electrons. The van der Waals surface area contributed by atoms with Crippen LogP contribution in [-0.2, 0) is 0 Å². The SMILES string of the molecule is COc1cccc(N(C(N)=O)c2ccc(O)cc2O)c1. The minimum atomic E-state index is -0.765. The maximum Gasteiger partial charge on any atom is 0.324 e. The summed E-state index contributed by atoms with van der Waals surface area (Å²) in [6.07, 6.45) is 0. The quantitative estimate of drug-likeness (QED) is 0.800. The second-order valence-corrected chi connectivity index (χ2v) is 4.05. The first-order valence-corrected chi connectivity index (χ1v) is 5.78. The van der Waals surface area contributed by atoms with Crippen molar-refractivity contribution in [3.8, 4) is 17.2 Å². The Labute approximate surface area is 115 Å². The van der Waals surface area contributed by atoms with E-state index in [1.807, 2.05) is 0 Å². The van der Waals surface area contributed by atoms with Gasteiger partial charge in [0.2, 0.25) is 0 Å². The van der Waals surface area contributed by atoms with Gasteiger partial charge in [-0.3, -0.25) is 4.90 Å². The predicted molar refractivity (Wildman–Crippen MR) is 74.5 cm³/mol. The molecule has 0 atom stereocenters. The topological polar surface area (TPSA) is 96.0 Å². The van der Waals surface area contributed by atoms with Crippen LogP contribution in [0.3, 0.4) is 0 Å². The number of nitrogens with two attached hydrogens (primary N) is 1. The lowest BCUT2D eigenvalue weighted by Crippen LogP contribution is -2.31. The van der Waals surface area contributed by atoms with E-state index in [4.69, 9.17) is 10.5 Å². The van der Waals surface area contributed by atoms with Crippen molar-refractivity contribution in [2.75, 3.05) is 12.0 Å². The van der Waals surface area contributed by atoms with Crippen molar-refractivity contribution >= 4 is 17.4 Å². The van der Waals surface area contributed by atoms with Gasteiger partial charge < -0.3 is 20.7 Å². The number of methoxy groups -OCH3 is 1. The lowest BCUT2D eigenvalue weighted by molar-refractivity contribution is 0.256. The van der Waals surface area contributed by atoms with Crippen molar-refractivity contribution < 1.29 is 19.7 Å². The molecule has 6 nitrogen and oxygen atoms in total. The lowest BCUT2D eigenvalue weighted by atomic mass is 10.2. The first kappa shape index (κ1) is 13.5. The second kappa shape index (κ2) is 5.40. The summed E-state index contributed by atoms with van der Waals surface area (Å²) in [5.74, 6) is 0.181. The minimum Gasteiger partial charge on any atom is -0.508 e. The van der Waals surface area contributed by atoms with Gasteiger partial charge in [-0.25, -0.2) is 4.79 Å². The van der Waals surface area contributed by atoms with Gasteiger partial charge in [0.15, 0.2) is 0 Å². The Morgan fingerprint density at radius 2 is 1.95 bits per heavy atom. The van der Waals surface area contributed by atoms with Gasteiger partial charge in [0, 0.05) is 12.1 Å². The van der Waals surface area contributed by atoms with Crippen molar-refractivity contribution in [2.24, 2.45) is 5.73 Å². The Morgan fingerprint density at radius 3 is 2.55 bits per heavy atom. The first-order valence-electron chi connectivity index (χ1n) is 5.78. The summed E-state index contributed by atoms with van der Waals surface area (Å²) in [5.41, 5.74) is 5.98. The zero-order valence-electron chi connectivity index (χ0n) is 10.8. The Bertz CT molecular complexity index is 643. The molecule has 0 aromatic heterocycles. The first-order chi connectivity index (χ1) is 9.52. The highest BCUT2D eigenvalue weighted by Crippen LogP contribution is 2.36. The molecule has 0 fully saturated rings. The predicted octanol–water partition coefficient (Wildman–Crippen LogP) is 2.32. The summed E-state index contributed by atoms with van der Waals surface area (Å²) in [4.78, 5) is 12.8. The monoisotopic (exact) mass is 274 g/mol. The zero-order valence-corrected chi connectivity index (χ0v) is 10.8. The van der Waals surface area contributed by atoms with Gasteiger partial charge in [0.25, 0.3) is 0 Å². The summed E-state index contributed by atoms with van der Waals surface area (Å²) < 4.78 is 5.09. The number of anilines is 2. The lowest BCUT2D eigenvalue weighted by Gasteiger charge is -2.22. The normalized spacial score (nSPS) is 10.1. The molecular formula is C14H14N2O4. The van der Waals surface area contributed by atoms with Gasteiger partial charge in [-0.05, 0) is 24.3 Å². The smallest absolute Gasteiger partial charge is 0.324 e. The number of benzene rings is 2. The molecule has 0 bridgehead atoms. The molecule has 0 radical (unpaired) electrons. The van der Waals surface area contributed by atoms with E-state index in [1.54, 1.807) is 24.3 Å². The van der Waals surface area contributed by atoms with E-state index in [-0.39, 0.29) is 17.2 Å². The number of nitrogens with zero attached hydrogens (tertiary/aromatic N) is 1. The van der Waals surface area contributed by atoms with E-state index < -0.39 is 6.03 Å². The molecule has 2 rings (SSSR count). The number of phenolic OH excluding ortho intramolecular Hbond substituents is 2. The van der Waals surface area contributed by atoms with Crippen LogP contribution in [0.15, 0.2) is 42.5 Å². The standard InChI is InChI=1S/C14H14N2O4/c1-20-11-4-2-3-9(7-11)16(14(15)19)12-6-5-10(17)8-13(12)18/h2-8,17-18H,1H3,(H2,15,19). The average molecular weight is 274 g/mol. The van der Waals surface area contributed by atoms with E-state index in [9.17, 15) is 15.0 Å². The van der Waals surface area contributed by atoms with Crippen LogP contribution >= 0.6 is 0 Å². The molecule has 20 heavy (non-hydrogen) atoms. The number of ether oxygens (including phenoxy) is 1. The number of primary amides is 1. The third kappa shape index (κ3) is 2.59. The molecule has 2 aromatic rings. The number of phenols is 2. The summed E-state index contributed by atoms with van der Waals surface area (Å²) in [6.45, 7) is 0. The minimum absolute atomic E-state index is 0.110. The molecule has 0 aliphatic carbocycles. The molecule has 0 spiro atoms. The van der Waals surface area contributed by atoms with E-state index in [0.717, 1.165) is 11.0 Å². The van der Waals surface area contributed by atoms with Crippen LogP contribution in [0.5, 0.6) is 17.2 Å². The largest absolute Gasteiger partial charge is 0.508 e. The maximum absolute atomic E-state index is 11.7. The van der Waals surface area contributed by atoms with Crippen molar-refractivity contribution in [1.29, 1.82) is 0 Å². The van der Waals surface area contributed by atoms with Gasteiger partial charge in [0.1, 0.15) is 17.2 Å². The Hall–Kier alpha value is -2.89. The molecular weight excluding hydrogens is 260 g/mol. The molecule has 0 heterocycles. The van der Waals surface area contributed by atoms with E-state index in [1.165, 1.54) is 19.2 Å². The van der Waals surface area contributed by atoms with Crippen molar-refractivity contribution in [2.45, 2.75) is 0 Å². The van der Waals surface area contributed by atoms with Crippen LogP contribution < -0.4 is 15.4 Å². The molecule has 4 N–H and O–H groups in total. The maximum atomic E-state index is 11.7. The number of hydrogen-bond acceptors (Lipinski definition) is 4. The van der Waals surface area contributed by atoms with Gasteiger partial charge in [-0.1, -0.05) is 6.07 Å². The number of hydrogen-bond donors (Lipinski definition) is 3. The van der Waals surface area contributed by atoms with Crippen molar-refractivity contribution in [3.63, 3.8) is 0 Å². The fraction of sp³-hybridized carbons (Fsp3) is 0.0714. The zero-order chi connectivity index (χ0) is 14.7. The fourth-order valence-corrected chi connectivity index (χ4v) is 1.84. The van der Waals surface area contributed by atoms with Crippen molar-refractivity contribution in [3.05, 3.63) is 42.5 Å². The number of urea groups is 1. The third-order valence-corrected chi connectivity index (χ3v) is 2.73. The number of aromatic hydroxyl groups is 2. The Balaban J connectivity index is 2.53.